The third-order valence-electron chi connectivity index (χ3n) is 4.42. The number of halogens is 3. The maximum atomic E-state index is 12.6. The molecule has 1 fully saturated rings. The summed E-state index contributed by atoms with van der Waals surface area (Å²) in [4.78, 5) is 27.2. The van der Waals surface area contributed by atoms with Crippen LogP contribution in [0.25, 0.3) is 0 Å². The summed E-state index contributed by atoms with van der Waals surface area (Å²) < 4.78 is 37.7. The van der Waals surface area contributed by atoms with Crippen molar-refractivity contribution < 1.29 is 22.8 Å². The van der Waals surface area contributed by atoms with Crippen molar-refractivity contribution in [3.63, 3.8) is 0 Å². The lowest BCUT2D eigenvalue weighted by atomic mass is 10.1. The smallest absolute Gasteiger partial charge is 0.352 e. The van der Waals surface area contributed by atoms with Gasteiger partial charge in [-0.15, -0.1) is 10.2 Å². The molecule has 1 aliphatic rings. The Hall–Kier alpha value is -3.17. The minimum Gasteiger partial charge on any atom is -0.352 e. The zero-order chi connectivity index (χ0) is 20.3. The van der Waals surface area contributed by atoms with Crippen LogP contribution in [0.1, 0.15) is 22.8 Å². The van der Waals surface area contributed by atoms with Crippen molar-refractivity contribution in [2.75, 3.05) is 36.4 Å². The number of piperazine rings is 1. The highest BCUT2D eigenvalue weighted by Crippen LogP contribution is 2.29. The van der Waals surface area contributed by atoms with Gasteiger partial charge in [0.2, 0.25) is 5.91 Å². The lowest BCUT2D eigenvalue weighted by Crippen LogP contribution is -2.48. The SMILES string of the molecule is CC(=O)N1CCN(c2ccc(NC(=O)c3ccc(C(F)(F)F)cc3)nn2)CC1. The number of hydrogen-bond acceptors (Lipinski definition) is 5. The van der Waals surface area contributed by atoms with E-state index in [4.69, 9.17) is 0 Å². The Labute approximate surface area is 159 Å². The minimum atomic E-state index is -4.45. The summed E-state index contributed by atoms with van der Waals surface area (Å²) in [5, 5.41) is 10.5. The summed E-state index contributed by atoms with van der Waals surface area (Å²) >= 11 is 0. The molecule has 2 heterocycles. The first-order valence-corrected chi connectivity index (χ1v) is 8.57. The first-order valence-electron chi connectivity index (χ1n) is 8.57. The second-order valence-corrected chi connectivity index (χ2v) is 6.30. The van der Waals surface area contributed by atoms with Crippen molar-refractivity contribution in [3.05, 3.63) is 47.5 Å². The lowest BCUT2D eigenvalue weighted by Gasteiger charge is -2.34. The van der Waals surface area contributed by atoms with Gasteiger partial charge in [0.1, 0.15) is 0 Å². The molecule has 0 radical (unpaired) electrons. The standard InChI is InChI=1S/C18H18F3N5O2/c1-12(27)25-8-10-26(11-9-25)16-7-6-15(23-24-16)22-17(28)13-2-4-14(5-3-13)18(19,20)21/h2-7H,8-11H2,1H3,(H,22,23,28). The molecule has 148 valence electrons. The van der Waals surface area contributed by atoms with Crippen LogP contribution in [0.3, 0.4) is 0 Å². The van der Waals surface area contributed by atoms with Crippen molar-refractivity contribution in [1.82, 2.24) is 15.1 Å². The number of nitrogens with zero attached hydrogens (tertiary/aromatic N) is 4. The van der Waals surface area contributed by atoms with Gasteiger partial charge in [0.05, 0.1) is 5.56 Å². The molecule has 1 aromatic heterocycles. The fraction of sp³-hybridized carbons (Fsp3) is 0.333. The van der Waals surface area contributed by atoms with Crippen molar-refractivity contribution in [2.45, 2.75) is 13.1 Å². The second-order valence-electron chi connectivity index (χ2n) is 6.30. The molecule has 0 spiro atoms. The van der Waals surface area contributed by atoms with Gasteiger partial charge < -0.3 is 15.1 Å². The van der Waals surface area contributed by atoms with Gasteiger partial charge in [-0.3, -0.25) is 9.59 Å². The van der Waals surface area contributed by atoms with E-state index in [9.17, 15) is 22.8 Å². The molecule has 2 amide bonds. The van der Waals surface area contributed by atoms with E-state index in [1.165, 1.54) is 6.92 Å². The van der Waals surface area contributed by atoms with Gasteiger partial charge in [-0.1, -0.05) is 0 Å². The van der Waals surface area contributed by atoms with Gasteiger partial charge in [0, 0.05) is 38.7 Å². The molecule has 1 aliphatic heterocycles. The zero-order valence-corrected chi connectivity index (χ0v) is 15.0. The summed E-state index contributed by atoms with van der Waals surface area (Å²) in [5.74, 6) is 0.268. The molecule has 0 atom stereocenters. The molecule has 3 rings (SSSR count). The Kier molecular flexibility index (Phi) is 5.48. The highest BCUT2D eigenvalue weighted by atomic mass is 19.4. The molecular weight excluding hydrogens is 375 g/mol. The van der Waals surface area contributed by atoms with E-state index < -0.39 is 17.6 Å². The average Bonchev–Trinajstić information content (AvgIpc) is 2.68. The van der Waals surface area contributed by atoms with Crippen molar-refractivity contribution in [3.8, 4) is 0 Å². The number of amides is 2. The number of rotatable bonds is 3. The topological polar surface area (TPSA) is 78.4 Å². The summed E-state index contributed by atoms with van der Waals surface area (Å²) in [6.45, 7) is 3.99. The highest BCUT2D eigenvalue weighted by Gasteiger charge is 2.30. The minimum absolute atomic E-state index is 0.0343. The van der Waals surface area contributed by atoms with Crippen LogP contribution in [0.5, 0.6) is 0 Å². The Balaban J connectivity index is 1.60. The first kappa shape index (κ1) is 19.6. The largest absolute Gasteiger partial charge is 0.416 e. The van der Waals surface area contributed by atoms with E-state index in [-0.39, 0.29) is 17.3 Å². The van der Waals surface area contributed by atoms with Crippen molar-refractivity contribution >= 4 is 23.5 Å². The van der Waals surface area contributed by atoms with Gasteiger partial charge in [-0.2, -0.15) is 13.2 Å². The maximum Gasteiger partial charge on any atom is 0.416 e. The zero-order valence-electron chi connectivity index (χ0n) is 15.0. The molecule has 1 aromatic carbocycles. The summed E-state index contributed by atoms with van der Waals surface area (Å²) in [7, 11) is 0. The van der Waals surface area contributed by atoms with E-state index in [1.807, 2.05) is 4.90 Å². The number of aromatic nitrogens is 2. The monoisotopic (exact) mass is 393 g/mol. The third-order valence-corrected chi connectivity index (χ3v) is 4.42. The molecule has 1 N–H and O–H groups in total. The van der Waals surface area contributed by atoms with Crippen LogP contribution in [-0.4, -0.2) is 53.1 Å². The Bertz CT molecular complexity index is 845. The van der Waals surface area contributed by atoms with Crippen LogP contribution in [0.4, 0.5) is 24.8 Å². The van der Waals surface area contributed by atoms with Crippen molar-refractivity contribution in [2.24, 2.45) is 0 Å². The van der Waals surface area contributed by atoms with Crippen LogP contribution in [0, 0.1) is 0 Å². The van der Waals surface area contributed by atoms with Crippen LogP contribution in [0.15, 0.2) is 36.4 Å². The van der Waals surface area contributed by atoms with Gasteiger partial charge in [0.15, 0.2) is 11.6 Å². The van der Waals surface area contributed by atoms with Crippen LogP contribution in [0.2, 0.25) is 0 Å². The fourth-order valence-corrected chi connectivity index (χ4v) is 2.81. The van der Waals surface area contributed by atoms with Crippen LogP contribution in [-0.2, 0) is 11.0 Å². The molecule has 0 saturated carbocycles. The number of nitrogens with one attached hydrogen (secondary N) is 1. The molecule has 28 heavy (non-hydrogen) atoms. The lowest BCUT2D eigenvalue weighted by molar-refractivity contribution is -0.137. The number of anilines is 2. The van der Waals surface area contributed by atoms with Crippen LogP contribution < -0.4 is 10.2 Å². The molecule has 2 aromatic rings. The third kappa shape index (κ3) is 4.56. The van der Waals surface area contributed by atoms with E-state index in [1.54, 1.807) is 17.0 Å². The van der Waals surface area contributed by atoms with E-state index in [0.29, 0.717) is 32.0 Å². The number of hydrogen-bond donors (Lipinski definition) is 1. The highest BCUT2D eigenvalue weighted by molar-refractivity contribution is 6.03. The summed E-state index contributed by atoms with van der Waals surface area (Å²) in [6.07, 6.45) is -4.45. The Morgan fingerprint density at radius 1 is 0.964 bits per heavy atom. The molecular formula is C18H18F3N5O2. The summed E-state index contributed by atoms with van der Waals surface area (Å²) in [5.41, 5.74) is -0.739. The predicted molar refractivity (Wildman–Crippen MR) is 95.9 cm³/mol. The summed E-state index contributed by atoms with van der Waals surface area (Å²) in [6, 6.07) is 7.18. The number of alkyl halides is 3. The Morgan fingerprint density at radius 3 is 2.11 bits per heavy atom. The molecule has 1 saturated heterocycles. The van der Waals surface area contributed by atoms with Gasteiger partial charge >= 0.3 is 6.18 Å². The van der Waals surface area contributed by atoms with E-state index in [0.717, 1.165) is 24.3 Å². The van der Waals surface area contributed by atoms with Crippen LogP contribution >= 0.6 is 0 Å². The van der Waals surface area contributed by atoms with Gasteiger partial charge in [0.25, 0.3) is 5.91 Å². The van der Waals surface area contributed by atoms with E-state index >= 15 is 0 Å². The average molecular weight is 393 g/mol. The first-order chi connectivity index (χ1) is 13.2. The molecule has 0 aliphatic carbocycles. The molecule has 0 unspecified atom stereocenters. The molecule has 10 heteroatoms. The quantitative estimate of drug-likeness (QED) is 0.867. The molecule has 7 nitrogen and oxygen atoms in total. The fourth-order valence-electron chi connectivity index (χ4n) is 2.81. The van der Waals surface area contributed by atoms with Crippen molar-refractivity contribution in [1.29, 1.82) is 0 Å². The van der Waals surface area contributed by atoms with Gasteiger partial charge in [-0.25, -0.2) is 0 Å². The van der Waals surface area contributed by atoms with Gasteiger partial charge in [-0.05, 0) is 36.4 Å². The number of carbonyl (C=O) groups excluding carboxylic acids is 2. The number of carbonyl (C=O) groups is 2. The maximum absolute atomic E-state index is 12.6. The Morgan fingerprint density at radius 2 is 1.61 bits per heavy atom. The molecule has 0 bridgehead atoms. The predicted octanol–water partition coefficient (Wildman–Crippen LogP) is 2.42. The normalized spacial score (nSPS) is 14.7. The second kappa shape index (κ2) is 7.83. The number of benzene rings is 1. The van der Waals surface area contributed by atoms with E-state index in [2.05, 4.69) is 15.5 Å².